The first-order valence-corrected chi connectivity index (χ1v) is 8.91. The number of benzene rings is 1. The standard InChI is InChI=1S/C18H25F3N2O3/c19-18(20,21)26-17-4-2-1-3-14(17)9-23-11-15(16(12-23)13-24)10-22-5-7-25-8-6-22/h1-4,15-16,24H,5-13H2/t15-,16-/m1/s1. The Balaban J connectivity index is 1.62. The van der Waals surface area contributed by atoms with Crippen LogP contribution >= 0.6 is 0 Å². The van der Waals surface area contributed by atoms with Crippen LogP contribution in [-0.4, -0.2) is 73.8 Å². The maximum absolute atomic E-state index is 12.6. The first-order chi connectivity index (χ1) is 12.4. The lowest BCUT2D eigenvalue weighted by atomic mass is 9.96. The second-order valence-corrected chi connectivity index (χ2v) is 6.97. The van der Waals surface area contributed by atoms with Crippen molar-refractivity contribution in [2.45, 2.75) is 12.9 Å². The first-order valence-electron chi connectivity index (χ1n) is 8.91. The molecule has 1 aromatic carbocycles. The number of para-hydroxylation sites is 1. The molecule has 5 nitrogen and oxygen atoms in total. The summed E-state index contributed by atoms with van der Waals surface area (Å²) in [5, 5.41) is 9.71. The van der Waals surface area contributed by atoms with Gasteiger partial charge in [-0.3, -0.25) is 9.80 Å². The highest BCUT2D eigenvalue weighted by atomic mass is 19.4. The van der Waals surface area contributed by atoms with Crippen molar-refractivity contribution < 1.29 is 27.8 Å². The second kappa shape index (κ2) is 8.56. The topological polar surface area (TPSA) is 45.2 Å². The Labute approximate surface area is 151 Å². The van der Waals surface area contributed by atoms with E-state index in [0.717, 1.165) is 39.4 Å². The molecule has 0 saturated carbocycles. The van der Waals surface area contributed by atoms with Gasteiger partial charge in [0.05, 0.1) is 13.2 Å². The third kappa shape index (κ3) is 5.33. The minimum atomic E-state index is -4.70. The third-order valence-electron chi connectivity index (χ3n) is 5.08. The number of alkyl halides is 3. The molecule has 0 bridgehead atoms. The van der Waals surface area contributed by atoms with Crippen LogP contribution in [0.15, 0.2) is 24.3 Å². The van der Waals surface area contributed by atoms with Gasteiger partial charge in [0.25, 0.3) is 0 Å². The van der Waals surface area contributed by atoms with Gasteiger partial charge in [0, 0.05) is 51.4 Å². The van der Waals surface area contributed by atoms with Crippen molar-refractivity contribution in [3.63, 3.8) is 0 Å². The molecule has 2 atom stereocenters. The number of aliphatic hydroxyl groups is 1. The fraction of sp³-hybridized carbons (Fsp3) is 0.667. The van der Waals surface area contributed by atoms with Crippen LogP contribution in [-0.2, 0) is 11.3 Å². The molecule has 2 saturated heterocycles. The van der Waals surface area contributed by atoms with Crippen molar-refractivity contribution in [2.75, 3.05) is 52.5 Å². The molecule has 0 aromatic heterocycles. The molecule has 0 amide bonds. The SMILES string of the molecule is OC[C@H]1CN(Cc2ccccc2OC(F)(F)F)C[C@H]1CN1CCOCC1. The highest BCUT2D eigenvalue weighted by molar-refractivity contribution is 5.33. The van der Waals surface area contributed by atoms with Gasteiger partial charge in [0.2, 0.25) is 0 Å². The van der Waals surface area contributed by atoms with Crippen molar-refractivity contribution in [1.82, 2.24) is 9.80 Å². The molecule has 1 aromatic rings. The summed E-state index contributed by atoms with van der Waals surface area (Å²) in [6.07, 6.45) is -4.70. The maximum Gasteiger partial charge on any atom is 0.573 e. The Morgan fingerprint density at radius 3 is 2.46 bits per heavy atom. The molecule has 0 spiro atoms. The van der Waals surface area contributed by atoms with Gasteiger partial charge in [0.15, 0.2) is 0 Å². The molecule has 146 valence electrons. The zero-order chi connectivity index (χ0) is 18.6. The van der Waals surface area contributed by atoms with Crippen LogP contribution < -0.4 is 4.74 Å². The minimum Gasteiger partial charge on any atom is -0.405 e. The predicted molar refractivity (Wildman–Crippen MR) is 89.7 cm³/mol. The van der Waals surface area contributed by atoms with E-state index in [4.69, 9.17) is 4.74 Å². The van der Waals surface area contributed by atoms with E-state index in [0.29, 0.717) is 24.6 Å². The predicted octanol–water partition coefficient (Wildman–Crippen LogP) is 1.96. The van der Waals surface area contributed by atoms with E-state index in [1.54, 1.807) is 12.1 Å². The largest absolute Gasteiger partial charge is 0.573 e. The Morgan fingerprint density at radius 1 is 1.08 bits per heavy atom. The van der Waals surface area contributed by atoms with Gasteiger partial charge in [0.1, 0.15) is 5.75 Å². The van der Waals surface area contributed by atoms with E-state index < -0.39 is 6.36 Å². The lowest BCUT2D eigenvalue weighted by Crippen LogP contribution is -2.41. The van der Waals surface area contributed by atoms with Crippen LogP contribution in [0, 0.1) is 11.8 Å². The van der Waals surface area contributed by atoms with E-state index in [-0.39, 0.29) is 18.3 Å². The van der Waals surface area contributed by atoms with Gasteiger partial charge < -0.3 is 14.6 Å². The van der Waals surface area contributed by atoms with Crippen LogP contribution in [0.2, 0.25) is 0 Å². The minimum absolute atomic E-state index is 0.0895. The number of ether oxygens (including phenoxy) is 2. The normalized spacial score (nSPS) is 25.5. The molecule has 2 heterocycles. The van der Waals surface area contributed by atoms with E-state index >= 15 is 0 Å². The lowest BCUT2D eigenvalue weighted by Gasteiger charge is -2.30. The van der Waals surface area contributed by atoms with Gasteiger partial charge in [-0.25, -0.2) is 0 Å². The molecule has 2 aliphatic heterocycles. The summed E-state index contributed by atoms with van der Waals surface area (Å²) in [5.74, 6) is 0.277. The quantitative estimate of drug-likeness (QED) is 0.825. The van der Waals surface area contributed by atoms with Gasteiger partial charge in [-0.1, -0.05) is 18.2 Å². The Bertz CT molecular complexity index is 579. The number of morpholine rings is 1. The van der Waals surface area contributed by atoms with Crippen LogP contribution in [0.3, 0.4) is 0 Å². The molecule has 26 heavy (non-hydrogen) atoms. The third-order valence-corrected chi connectivity index (χ3v) is 5.08. The number of nitrogens with zero attached hydrogens (tertiary/aromatic N) is 2. The highest BCUT2D eigenvalue weighted by Gasteiger charge is 2.35. The number of aliphatic hydroxyl groups excluding tert-OH is 1. The summed E-state index contributed by atoms with van der Waals surface area (Å²) in [5.41, 5.74) is 0.508. The number of likely N-dealkylation sites (tertiary alicyclic amines) is 1. The summed E-state index contributed by atoms with van der Waals surface area (Å²) in [7, 11) is 0. The van der Waals surface area contributed by atoms with Gasteiger partial charge in [-0.2, -0.15) is 0 Å². The molecule has 3 rings (SSSR count). The van der Waals surface area contributed by atoms with Gasteiger partial charge >= 0.3 is 6.36 Å². The Kier molecular flexibility index (Phi) is 6.39. The molecule has 2 aliphatic rings. The molecule has 0 aliphatic carbocycles. The summed E-state index contributed by atoms with van der Waals surface area (Å²) < 4.78 is 47.3. The molecule has 1 N–H and O–H groups in total. The van der Waals surface area contributed by atoms with E-state index in [1.165, 1.54) is 12.1 Å². The fourth-order valence-electron chi connectivity index (χ4n) is 3.79. The average molecular weight is 374 g/mol. The lowest BCUT2D eigenvalue weighted by molar-refractivity contribution is -0.275. The smallest absolute Gasteiger partial charge is 0.405 e. The molecule has 0 radical (unpaired) electrons. The van der Waals surface area contributed by atoms with E-state index in [1.807, 2.05) is 0 Å². The average Bonchev–Trinajstić information content (AvgIpc) is 2.98. The zero-order valence-corrected chi connectivity index (χ0v) is 14.6. The first kappa shape index (κ1) is 19.4. The summed E-state index contributed by atoms with van der Waals surface area (Å²) in [6, 6.07) is 6.24. The van der Waals surface area contributed by atoms with Crippen molar-refractivity contribution in [3.05, 3.63) is 29.8 Å². The molecule has 2 fully saturated rings. The van der Waals surface area contributed by atoms with Crippen LogP contribution in [0.1, 0.15) is 5.56 Å². The Morgan fingerprint density at radius 2 is 1.77 bits per heavy atom. The van der Waals surface area contributed by atoms with Gasteiger partial charge in [-0.05, 0) is 17.9 Å². The van der Waals surface area contributed by atoms with Crippen LogP contribution in [0.4, 0.5) is 13.2 Å². The van der Waals surface area contributed by atoms with E-state index in [9.17, 15) is 18.3 Å². The van der Waals surface area contributed by atoms with Crippen molar-refractivity contribution in [3.8, 4) is 5.75 Å². The zero-order valence-electron chi connectivity index (χ0n) is 14.6. The molecular formula is C18H25F3N2O3. The summed E-state index contributed by atoms with van der Waals surface area (Å²) in [4.78, 5) is 4.44. The highest BCUT2D eigenvalue weighted by Crippen LogP contribution is 2.30. The van der Waals surface area contributed by atoms with E-state index in [2.05, 4.69) is 14.5 Å². The van der Waals surface area contributed by atoms with Crippen LogP contribution in [0.5, 0.6) is 5.75 Å². The number of hydrogen-bond acceptors (Lipinski definition) is 5. The monoisotopic (exact) mass is 374 g/mol. The summed E-state index contributed by atoms with van der Waals surface area (Å²) >= 11 is 0. The summed E-state index contributed by atoms with van der Waals surface area (Å²) in [6.45, 7) is 5.99. The molecular weight excluding hydrogens is 349 g/mol. The maximum atomic E-state index is 12.6. The number of hydrogen-bond donors (Lipinski definition) is 1. The van der Waals surface area contributed by atoms with Crippen molar-refractivity contribution >= 4 is 0 Å². The molecule has 8 heteroatoms. The van der Waals surface area contributed by atoms with Crippen LogP contribution in [0.25, 0.3) is 0 Å². The van der Waals surface area contributed by atoms with Gasteiger partial charge in [-0.15, -0.1) is 13.2 Å². The van der Waals surface area contributed by atoms with Crippen molar-refractivity contribution in [1.29, 1.82) is 0 Å². The molecule has 0 unspecified atom stereocenters. The van der Waals surface area contributed by atoms with Crippen molar-refractivity contribution in [2.24, 2.45) is 11.8 Å². The Hall–Kier alpha value is -1.35. The fourth-order valence-corrected chi connectivity index (χ4v) is 3.79. The number of rotatable bonds is 6. The second-order valence-electron chi connectivity index (χ2n) is 6.97. The number of halogens is 3.